The predicted molar refractivity (Wildman–Crippen MR) is 82.7 cm³/mol. The van der Waals surface area contributed by atoms with Gasteiger partial charge in [0.15, 0.2) is 5.82 Å². The van der Waals surface area contributed by atoms with Crippen LogP contribution >= 0.6 is 0 Å². The van der Waals surface area contributed by atoms with Crippen LogP contribution in [0.15, 0.2) is 18.5 Å². The van der Waals surface area contributed by atoms with Gasteiger partial charge in [-0.25, -0.2) is 9.50 Å². The van der Waals surface area contributed by atoms with Gasteiger partial charge in [-0.15, -0.1) is 0 Å². The highest BCUT2D eigenvalue weighted by molar-refractivity contribution is 5.68. The van der Waals surface area contributed by atoms with Crippen molar-refractivity contribution in [2.75, 3.05) is 25.6 Å². The Hall–Kier alpha value is -1.66. The molecule has 0 fully saturated rings. The second-order valence-corrected chi connectivity index (χ2v) is 6.19. The largest absolute Gasteiger partial charge is 0.396 e. The normalized spacial score (nSPS) is 13.6. The molecule has 0 bridgehead atoms. The number of fused-ring (bicyclic) bond motifs is 1. The van der Waals surface area contributed by atoms with E-state index in [9.17, 15) is 0 Å². The van der Waals surface area contributed by atoms with Gasteiger partial charge in [-0.2, -0.15) is 5.10 Å². The molecule has 6 heteroatoms. The number of aromatic nitrogens is 3. The van der Waals surface area contributed by atoms with Crippen molar-refractivity contribution in [1.82, 2.24) is 14.6 Å². The van der Waals surface area contributed by atoms with Crippen molar-refractivity contribution in [2.24, 2.45) is 0 Å². The molecular formula is C15H24N4O2. The zero-order chi connectivity index (χ0) is 15.5. The summed E-state index contributed by atoms with van der Waals surface area (Å²) in [6.45, 7) is 7.03. The van der Waals surface area contributed by atoms with Crippen molar-refractivity contribution < 1.29 is 9.84 Å². The van der Waals surface area contributed by atoms with Crippen LogP contribution in [0.4, 0.5) is 5.82 Å². The van der Waals surface area contributed by atoms with Gasteiger partial charge in [-0.1, -0.05) is 20.8 Å². The summed E-state index contributed by atoms with van der Waals surface area (Å²) in [6, 6.07) is 2.07. The Kier molecular flexibility index (Phi) is 4.80. The number of hydrogen-bond acceptors (Lipinski definition) is 5. The maximum atomic E-state index is 9.13. The number of nitrogens with one attached hydrogen (secondary N) is 1. The molecular weight excluding hydrogens is 268 g/mol. The van der Waals surface area contributed by atoms with Gasteiger partial charge >= 0.3 is 0 Å². The summed E-state index contributed by atoms with van der Waals surface area (Å²) in [5, 5.41) is 17.1. The van der Waals surface area contributed by atoms with E-state index in [1.807, 2.05) is 10.7 Å². The molecule has 0 aliphatic rings. The molecule has 2 rings (SSSR count). The van der Waals surface area contributed by atoms with E-state index >= 15 is 0 Å². The number of methoxy groups -OCH3 is 1. The van der Waals surface area contributed by atoms with Gasteiger partial charge in [0, 0.05) is 31.5 Å². The van der Waals surface area contributed by atoms with Crippen molar-refractivity contribution in [3.05, 3.63) is 24.2 Å². The summed E-state index contributed by atoms with van der Waals surface area (Å²) >= 11 is 0. The summed E-state index contributed by atoms with van der Waals surface area (Å²) in [5.41, 5.74) is 1.94. The van der Waals surface area contributed by atoms with Gasteiger partial charge in [0.25, 0.3) is 0 Å². The van der Waals surface area contributed by atoms with Crippen LogP contribution < -0.4 is 5.32 Å². The molecule has 2 heterocycles. The fourth-order valence-electron chi connectivity index (χ4n) is 2.15. The lowest BCUT2D eigenvalue weighted by molar-refractivity contribution is 0.170. The molecule has 1 unspecified atom stereocenters. The molecule has 0 radical (unpaired) electrons. The Labute approximate surface area is 125 Å². The lowest BCUT2D eigenvalue weighted by atomic mass is 9.92. The smallest absolute Gasteiger partial charge is 0.152 e. The summed E-state index contributed by atoms with van der Waals surface area (Å²) < 4.78 is 7.01. The van der Waals surface area contributed by atoms with E-state index in [4.69, 9.17) is 9.84 Å². The lowest BCUT2D eigenvalue weighted by Gasteiger charge is -2.17. The van der Waals surface area contributed by atoms with Gasteiger partial charge in [0.05, 0.1) is 18.3 Å². The molecule has 0 saturated carbocycles. The first-order chi connectivity index (χ1) is 9.95. The molecule has 0 aliphatic carbocycles. The third-order valence-electron chi connectivity index (χ3n) is 3.34. The van der Waals surface area contributed by atoms with Crippen LogP contribution in [0.5, 0.6) is 0 Å². The number of anilines is 1. The molecule has 2 aromatic heterocycles. The lowest BCUT2D eigenvalue weighted by Crippen LogP contribution is -2.26. The highest BCUT2D eigenvalue weighted by Gasteiger charge is 2.19. The van der Waals surface area contributed by atoms with Crippen molar-refractivity contribution in [2.45, 2.75) is 38.6 Å². The Morgan fingerprint density at radius 1 is 1.43 bits per heavy atom. The van der Waals surface area contributed by atoms with E-state index < -0.39 is 0 Å². The van der Waals surface area contributed by atoms with Crippen LogP contribution in [0, 0.1) is 0 Å². The molecule has 116 valence electrons. The fraction of sp³-hybridized carbons (Fsp3) is 0.600. The SMILES string of the molecule is COCC(CCO)Nc1nccn2nc(C(C)(C)C)cc12. The molecule has 1 atom stereocenters. The maximum Gasteiger partial charge on any atom is 0.152 e. The quantitative estimate of drug-likeness (QED) is 0.850. The second-order valence-electron chi connectivity index (χ2n) is 6.19. The van der Waals surface area contributed by atoms with Crippen LogP contribution in [-0.4, -0.2) is 46.1 Å². The second kappa shape index (κ2) is 6.41. The number of aliphatic hydroxyl groups is 1. The molecule has 0 amide bonds. The van der Waals surface area contributed by atoms with Gasteiger partial charge in [-0.3, -0.25) is 0 Å². The van der Waals surface area contributed by atoms with Gasteiger partial charge < -0.3 is 15.2 Å². The van der Waals surface area contributed by atoms with Gasteiger partial charge in [0.1, 0.15) is 5.52 Å². The molecule has 6 nitrogen and oxygen atoms in total. The van der Waals surface area contributed by atoms with Gasteiger partial charge in [0.2, 0.25) is 0 Å². The topological polar surface area (TPSA) is 71.7 Å². The molecule has 0 aromatic carbocycles. The van der Waals surface area contributed by atoms with Gasteiger partial charge in [-0.05, 0) is 12.5 Å². The summed E-state index contributed by atoms with van der Waals surface area (Å²) in [4.78, 5) is 4.40. The molecule has 2 aromatic rings. The molecule has 0 aliphatic heterocycles. The minimum absolute atomic E-state index is 0.0136. The maximum absolute atomic E-state index is 9.13. The first kappa shape index (κ1) is 15.7. The highest BCUT2D eigenvalue weighted by atomic mass is 16.5. The number of ether oxygens (including phenoxy) is 1. The van der Waals surface area contributed by atoms with E-state index in [1.165, 1.54) is 0 Å². The zero-order valence-corrected chi connectivity index (χ0v) is 13.1. The van der Waals surface area contributed by atoms with E-state index in [0.29, 0.717) is 13.0 Å². The van der Waals surface area contributed by atoms with E-state index in [1.54, 1.807) is 13.3 Å². The summed E-state index contributed by atoms with van der Waals surface area (Å²) in [6.07, 6.45) is 4.17. The minimum atomic E-state index is -0.0136. The van der Waals surface area contributed by atoms with E-state index in [0.717, 1.165) is 17.0 Å². The van der Waals surface area contributed by atoms with Crippen molar-refractivity contribution in [3.8, 4) is 0 Å². The predicted octanol–water partition coefficient (Wildman–Crippen LogP) is 1.84. The van der Waals surface area contributed by atoms with Crippen LogP contribution in [0.25, 0.3) is 5.52 Å². The number of hydrogen-bond donors (Lipinski definition) is 2. The monoisotopic (exact) mass is 292 g/mol. The van der Waals surface area contributed by atoms with E-state index in [2.05, 4.69) is 42.2 Å². The van der Waals surface area contributed by atoms with Crippen molar-refractivity contribution in [3.63, 3.8) is 0 Å². The Morgan fingerprint density at radius 2 is 2.19 bits per heavy atom. The fourth-order valence-corrected chi connectivity index (χ4v) is 2.15. The van der Waals surface area contributed by atoms with Crippen molar-refractivity contribution >= 4 is 11.3 Å². The first-order valence-electron chi connectivity index (χ1n) is 7.17. The third-order valence-corrected chi connectivity index (χ3v) is 3.34. The van der Waals surface area contributed by atoms with Crippen LogP contribution in [0.2, 0.25) is 0 Å². The Morgan fingerprint density at radius 3 is 2.81 bits per heavy atom. The molecule has 0 saturated heterocycles. The zero-order valence-electron chi connectivity index (χ0n) is 13.1. The summed E-state index contributed by atoms with van der Waals surface area (Å²) in [5.74, 6) is 0.760. The highest BCUT2D eigenvalue weighted by Crippen LogP contribution is 2.24. The average Bonchev–Trinajstić information content (AvgIpc) is 2.84. The van der Waals surface area contributed by atoms with Crippen LogP contribution in [-0.2, 0) is 10.2 Å². The molecule has 0 spiro atoms. The third kappa shape index (κ3) is 3.71. The average molecular weight is 292 g/mol. The minimum Gasteiger partial charge on any atom is -0.396 e. The first-order valence-corrected chi connectivity index (χ1v) is 7.17. The summed E-state index contributed by atoms with van der Waals surface area (Å²) in [7, 11) is 1.65. The number of nitrogens with zero attached hydrogens (tertiary/aromatic N) is 3. The Bertz CT molecular complexity index is 583. The van der Waals surface area contributed by atoms with Crippen molar-refractivity contribution in [1.29, 1.82) is 0 Å². The molecule has 2 N–H and O–H groups in total. The Balaban J connectivity index is 2.33. The van der Waals surface area contributed by atoms with Crippen LogP contribution in [0.1, 0.15) is 32.9 Å². The number of aliphatic hydroxyl groups excluding tert-OH is 1. The standard InChI is InChI=1S/C15H24N4O2/c1-15(2,3)13-9-12-14(16-6-7-19(12)18-13)17-11(5-8-20)10-21-4/h6-7,9,11,20H,5,8,10H2,1-4H3,(H,16,17). The number of rotatable bonds is 6. The van der Waals surface area contributed by atoms with Crippen LogP contribution in [0.3, 0.4) is 0 Å². The molecule has 21 heavy (non-hydrogen) atoms. The van der Waals surface area contributed by atoms with E-state index in [-0.39, 0.29) is 18.1 Å².